The highest BCUT2D eigenvalue weighted by atomic mass is 35.5. The lowest BCUT2D eigenvalue weighted by atomic mass is 10.2. The van der Waals surface area contributed by atoms with E-state index in [9.17, 15) is 9.59 Å². The lowest BCUT2D eigenvalue weighted by Gasteiger charge is -2.06. The molecule has 1 unspecified atom stereocenters. The van der Waals surface area contributed by atoms with E-state index in [2.05, 4.69) is 15.7 Å². The van der Waals surface area contributed by atoms with E-state index in [0.717, 1.165) is 0 Å². The first-order valence-electron chi connectivity index (χ1n) is 7.48. The van der Waals surface area contributed by atoms with Crippen LogP contribution >= 0.6 is 12.4 Å². The van der Waals surface area contributed by atoms with E-state index in [-0.39, 0.29) is 43.2 Å². The maximum Gasteiger partial charge on any atom is 0.246 e. The minimum absolute atomic E-state index is 0. The molecule has 1 aromatic carbocycles. The second-order valence-electron chi connectivity index (χ2n) is 5.43. The monoisotopic (exact) mass is 367 g/mol. The van der Waals surface area contributed by atoms with Crippen LogP contribution in [-0.4, -0.2) is 34.7 Å². The fourth-order valence-corrected chi connectivity index (χ4v) is 2.04. The summed E-state index contributed by atoms with van der Waals surface area (Å²) in [6, 6.07) is 6.81. The zero-order valence-corrected chi connectivity index (χ0v) is 14.9. The van der Waals surface area contributed by atoms with Crippen LogP contribution in [0.3, 0.4) is 0 Å². The minimum Gasteiger partial charge on any atom is -0.497 e. The van der Waals surface area contributed by atoms with Gasteiger partial charge in [-0.15, -0.1) is 12.4 Å². The van der Waals surface area contributed by atoms with Gasteiger partial charge in [-0.2, -0.15) is 5.10 Å². The van der Waals surface area contributed by atoms with Crippen molar-refractivity contribution in [2.75, 3.05) is 17.7 Å². The molecule has 0 saturated carbocycles. The average molecular weight is 368 g/mol. The number of carbonyl (C=O) groups excluding carboxylic acids is 2. The summed E-state index contributed by atoms with van der Waals surface area (Å²) >= 11 is 0. The summed E-state index contributed by atoms with van der Waals surface area (Å²) in [5.74, 6) is 0.302. The van der Waals surface area contributed by atoms with E-state index in [0.29, 0.717) is 17.1 Å². The van der Waals surface area contributed by atoms with Crippen molar-refractivity contribution in [3.8, 4) is 5.75 Å². The number of hydrogen-bond acceptors (Lipinski definition) is 5. The van der Waals surface area contributed by atoms with Gasteiger partial charge in [-0.25, -0.2) is 0 Å². The third kappa shape index (κ3) is 6.82. The van der Waals surface area contributed by atoms with Crippen LogP contribution in [0.5, 0.6) is 5.75 Å². The Morgan fingerprint density at radius 3 is 2.44 bits per heavy atom. The summed E-state index contributed by atoms with van der Waals surface area (Å²) in [6.07, 6.45) is 3.30. The Labute approximate surface area is 152 Å². The van der Waals surface area contributed by atoms with Gasteiger partial charge in [0.1, 0.15) is 12.3 Å². The number of nitrogens with two attached hydrogens (primary N) is 1. The van der Waals surface area contributed by atoms with Crippen LogP contribution in [0.1, 0.15) is 13.3 Å². The Balaban J connectivity index is 0.00000312. The highest BCUT2D eigenvalue weighted by molar-refractivity contribution is 5.91. The van der Waals surface area contributed by atoms with Gasteiger partial charge in [0.05, 0.1) is 19.0 Å². The number of hydrogen-bond donors (Lipinski definition) is 3. The number of halogens is 1. The third-order valence-electron chi connectivity index (χ3n) is 3.10. The number of anilines is 2. The zero-order chi connectivity index (χ0) is 17.5. The molecule has 8 nitrogen and oxygen atoms in total. The van der Waals surface area contributed by atoms with Crippen molar-refractivity contribution in [2.45, 2.75) is 25.9 Å². The molecule has 0 fully saturated rings. The van der Waals surface area contributed by atoms with Gasteiger partial charge >= 0.3 is 0 Å². The standard InChI is InChI=1S/C16H21N5O3.ClH/c1-11(17)7-15(22)20-13-8-18-21(9-13)10-16(23)19-12-3-5-14(24-2)6-4-12;/h3-6,8-9,11H,7,10,17H2,1-2H3,(H,19,23)(H,20,22);1H. The van der Waals surface area contributed by atoms with Gasteiger partial charge in [-0.05, 0) is 31.2 Å². The van der Waals surface area contributed by atoms with E-state index in [4.69, 9.17) is 10.5 Å². The quantitative estimate of drug-likeness (QED) is 0.688. The minimum atomic E-state index is -0.225. The van der Waals surface area contributed by atoms with Crippen molar-refractivity contribution in [1.82, 2.24) is 9.78 Å². The molecule has 9 heteroatoms. The van der Waals surface area contributed by atoms with Crippen LogP contribution < -0.4 is 21.1 Å². The number of carbonyl (C=O) groups is 2. The van der Waals surface area contributed by atoms with Gasteiger partial charge in [0, 0.05) is 24.3 Å². The largest absolute Gasteiger partial charge is 0.497 e. The van der Waals surface area contributed by atoms with E-state index in [1.54, 1.807) is 44.5 Å². The molecule has 2 amide bonds. The highest BCUT2D eigenvalue weighted by Gasteiger charge is 2.09. The summed E-state index contributed by atoms with van der Waals surface area (Å²) in [4.78, 5) is 23.6. The first kappa shape index (κ1) is 20.5. The highest BCUT2D eigenvalue weighted by Crippen LogP contribution is 2.15. The fraction of sp³-hybridized carbons (Fsp3) is 0.312. The Morgan fingerprint density at radius 1 is 1.20 bits per heavy atom. The van der Waals surface area contributed by atoms with Crippen LogP contribution in [-0.2, 0) is 16.1 Å². The molecule has 0 spiro atoms. The molecular weight excluding hydrogens is 346 g/mol. The lowest BCUT2D eigenvalue weighted by molar-refractivity contribution is -0.117. The second kappa shape index (κ2) is 9.65. The molecule has 0 aliphatic heterocycles. The Morgan fingerprint density at radius 2 is 1.84 bits per heavy atom. The molecule has 2 rings (SSSR count). The first-order chi connectivity index (χ1) is 11.5. The molecule has 2 aromatic rings. The second-order valence-corrected chi connectivity index (χ2v) is 5.43. The summed E-state index contributed by atoms with van der Waals surface area (Å²) in [5, 5.41) is 9.49. The van der Waals surface area contributed by atoms with Crippen LogP contribution in [0.2, 0.25) is 0 Å². The summed E-state index contributed by atoms with van der Waals surface area (Å²) in [5.41, 5.74) is 6.76. The summed E-state index contributed by atoms with van der Waals surface area (Å²) in [6.45, 7) is 1.79. The Hall–Kier alpha value is -2.58. The van der Waals surface area contributed by atoms with Crippen molar-refractivity contribution in [2.24, 2.45) is 5.73 Å². The smallest absolute Gasteiger partial charge is 0.246 e. The van der Waals surface area contributed by atoms with Crippen molar-refractivity contribution in [3.05, 3.63) is 36.7 Å². The normalized spacial score (nSPS) is 11.2. The van der Waals surface area contributed by atoms with Crippen LogP contribution in [0.4, 0.5) is 11.4 Å². The number of ether oxygens (including phenoxy) is 1. The van der Waals surface area contributed by atoms with Crippen LogP contribution in [0.15, 0.2) is 36.7 Å². The molecule has 0 bridgehead atoms. The number of rotatable bonds is 7. The van der Waals surface area contributed by atoms with E-state index < -0.39 is 0 Å². The zero-order valence-electron chi connectivity index (χ0n) is 14.1. The van der Waals surface area contributed by atoms with Crippen molar-refractivity contribution in [3.63, 3.8) is 0 Å². The van der Waals surface area contributed by atoms with Crippen molar-refractivity contribution in [1.29, 1.82) is 0 Å². The van der Waals surface area contributed by atoms with Crippen molar-refractivity contribution >= 4 is 35.6 Å². The predicted octanol–water partition coefficient (Wildman–Crippen LogP) is 1.63. The first-order valence-corrected chi connectivity index (χ1v) is 7.48. The molecular formula is C16H22ClN5O3. The maximum atomic E-state index is 12.0. The Bertz CT molecular complexity index is 700. The number of methoxy groups -OCH3 is 1. The van der Waals surface area contributed by atoms with E-state index in [1.165, 1.54) is 10.9 Å². The molecule has 0 aliphatic carbocycles. The SMILES string of the molecule is COc1ccc(NC(=O)Cn2cc(NC(=O)CC(C)N)cn2)cc1.Cl. The topological polar surface area (TPSA) is 111 Å². The number of benzene rings is 1. The Kier molecular flexibility index (Phi) is 7.90. The van der Waals surface area contributed by atoms with Gasteiger partial charge in [0.2, 0.25) is 11.8 Å². The third-order valence-corrected chi connectivity index (χ3v) is 3.10. The van der Waals surface area contributed by atoms with Crippen LogP contribution in [0.25, 0.3) is 0 Å². The number of nitrogens with zero attached hydrogens (tertiary/aromatic N) is 2. The number of amides is 2. The van der Waals surface area contributed by atoms with Gasteiger partial charge in [-0.1, -0.05) is 0 Å². The van der Waals surface area contributed by atoms with Crippen molar-refractivity contribution < 1.29 is 14.3 Å². The number of nitrogens with one attached hydrogen (secondary N) is 2. The summed E-state index contributed by atoms with van der Waals surface area (Å²) < 4.78 is 6.50. The summed E-state index contributed by atoms with van der Waals surface area (Å²) in [7, 11) is 1.58. The van der Waals surface area contributed by atoms with E-state index in [1.807, 2.05) is 0 Å². The maximum absolute atomic E-state index is 12.0. The fourth-order valence-electron chi connectivity index (χ4n) is 2.04. The lowest BCUT2D eigenvalue weighted by Crippen LogP contribution is -2.23. The van der Waals surface area contributed by atoms with Gasteiger partial charge in [-0.3, -0.25) is 14.3 Å². The molecule has 25 heavy (non-hydrogen) atoms. The number of aromatic nitrogens is 2. The molecule has 1 heterocycles. The van der Waals surface area contributed by atoms with Gasteiger partial charge in [0.25, 0.3) is 0 Å². The predicted molar refractivity (Wildman–Crippen MR) is 98.0 cm³/mol. The molecule has 0 saturated heterocycles. The van der Waals surface area contributed by atoms with Gasteiger partial charge in [0.15, 0.2) is 0 Å². The van der Waals surface area contributed by atoms with E-state index >= 15 is 0 Å². The molecule has 1 aromatic heterocycles. The molecule has 4 N–H and O–H groups in total. The molecule has 0 radical (unpaired) electrons. The molecule has 0 aliphatic rings. The van der Waals surface area contributed by atoms with Crippen LogP contribution in [0, 0.1) is 0 Å². The molecule has 136 valence electrons. The molecule has 1 atom stereocenters. The van der Waals surface area contributed by atoms with Gasteiger partial charge < -0.3 is 21.1 Å². The average Bonchev–Trinajstić information content (AvgIpc) is 2.93.